The molecule has 0 aromatic rings. The summed E-state index contributed by atoms with van der Waals surface area (Å²) in [5.41, 5.74) is 0.0261. The second-order valence-electron chi connectivity index (χ2n) is 9.69. The van der Waals surface area contributed by atoms with Gasteiger partial charge >= 0.3 is 0 Å². The molecule has 0 aromatic carbocycles. The third-order valence-electron chi connectivity index (χ3n) is 6.28. The highest BCUT2D eigenvalue weighted by Gasteiger charge is 2.49. The van der Waals surface area contributed by atoms with Gasteiger partial charge in [-0.2, -0.15) is 0 Å². The van der Waals surface area contributed by atoms with Gasteiger partial charge in [0.2, 0.25) is 5.91 Å². The molecular formula is C19H34N2O3. The molecule has 24 heavy (non-hydrogen) atoms. The average Bonchev–Trinajstić information content (AvgIpc) is 2.84. The van der Waals surface area contributed by atoms with Crippen LogP contribution in [-0.2, 0) is 9.53 Å². The Labute approximate surface area is 146 Å². The van der Waals surface area contributed by atoms with Gasteiger partial charge in [0.05, 0.1) is 13.2 Å². The van der Waals surface area contributed by atoms with Crippen molar-refractivity contribution < 1.29 is 14.6 Å². The van der Waals surface area contributed by atoms with Crippen molar-refractivity contribution in [3.05, 3.63) is 0 Å². The molecule has 0 aromatic heterocycles. The van der Waals surface area contributed by atoms with Gasteiger partial charge in [-0.1, -0.05) is 0 Å². The van der Waals surface area contributed by atoms with Gasteiger partial charge in [-0.3, -0.25) is 4.79 Å². The number of carbonyl (C=O) groups is 1. The number of hydrogen-bond acceptors (Lipinski definition) is 4. The number of hydrogen-bond donors (Lipinski definition) is 2. The fraction of sp³-hybridized carbons (Fsp3) is 0.947. The lowest BCUT2D eigenvalue weighted by Gasteiger charge is -2.46. The Kier molecular flexibility index (Phi) is 4.73. The third-order valence-corrected chi connectivity index (χ3v) is 6.28. The number of carbonyl (C=O) groups excluding carboxylic acids is 1. The Morgan fingerprint density at radius 3 is 2.50 bits per heavy atom. The van der Waals surface area contributed by atoms with Gasteiger partial charge in [0.15, 0.2) is 0 Å². The monoisotopic (exact) mass is 338 g/mol. The van der Waals surface area contributed by atoms with E-state index in [1.165, 1.54) is 0 Å². The van der Waals surface area contributed by atoms with Crippen LogP contribution in [0.4, 0.5) is 0 Å². The van der Waals surface area contributed by atoms with Crippen molar-refractivity contribution in [1.82, 2.24) is 10.2 Å². The summed E-state index contributed by atoms with van der Waals surface area (Å²) < 4.78 is 5.59. The minimum atomic E-state index is -0.124. The summed E-state index contributed by atoms with van der Waals surface area (Å²) in [4.78, 5) is 14.9. The highest BCUT2D eigenvalue weighted by Crippen LogP contribution is 2.42. The molecule has 0 aliphatic carbocycles. The van der Waals surface area contributed by atoms with Gasteiger partial charge in [-0.25, -0.2) is 0 Å². The van der Waals surface area contributed by atoms with E-state index in [1.54, 1.807) is 0 Å². The first kappa shape index (κ1) is 18.2. The number of nitrogens with one attached hydrogen (secondary N) is 1. The van der Waals surface area contributed by atoms with E-state index in [4.69, 9.17) is 4.74 Å². The number of fused-ring (bicyclic) bond motifs is 1. The SMILES string of the molecule is CC1(C)CC(CC(=O)N2C[C@@H]3COCC[C@]3(CO)C2)CC(C)(C)N1. The van der Waals surface area contributed by atoms with Crippen LogP contribution in [0.5, 0.6) is 0 Å². The zero-order valence-corrected chi connectivity index (χ0v) is 15.7. The largest absolute Gasteiger partial charge is 0.396 e. The van der Waals surface area contributed by atoms with E-state index in [0.717, 1.165) is 25.8 Å². The minimum Gasteiger partial charge on any atom is -0.396 e. The molecule has 3 aliphatic heterocycles. The maximum atomic E-state index is 12.9. The molecule has 0 unspecified atom stereocenters. The van der Waals surface area contributed by atoms with Gasteiger partial charge in [-0.05, 0) is 52.9 Å². The highest BCUT2D eigenvalue weighted by atomic mass is 16.5. The van der Waals surface area contributed by atoms with Gasteiger partial charge in [0.25, 0.3) is 0 Å². The van der Waals surface area contributed by atoms with Crippen LogP contribution in [0, 0.1) is 17.3 Å². The molecule has 0 radical (unpaired) electrons. The number of piperidine rings is 1. The van der Waals surface area contributed by atoms with Crippen molar-refractivity contribution in [1.29, 1.82) is 0 Å². The van der Waals surface area contributed by atoms with Crippen LogP contribution < -0.4 is 5.32 Å². The number of amides is 1. The molecule has 3 heterocycles. The van der Waals surface area contributed by atoms with Crippen molar-refractivity contribution in [2.45, 2.75) is 64.5 Å². The van der Waals surface area contributed by atoms with Gasteiger partial charge in [0, 0.05) is 48.5 Å². The normalized spacial score (nSPS) is 35.7. The molecule has 1 amide bonds. The number of nitrogens with zero attached hydrogens (tertiary/aromatic N) is 1. The Bertz CT molecular complexity index is 475. The number of likely N-dealkylation sites (tertiary alicyclic amines) is 1. The number of aliphatic hydroxyl groups is 1. The summed E-state index contributed by atoms with van der Waals surface area (Å²) in [7, 11) is 0. The molecule has 5 nitrogen and oxygen atoms in total. The van der Waals surface area contributed by atoms with Crippen LogP contribution in [0.3, 0.4) is 0 Å². The van der Waals surface area contributed by atoms with E-state index in [2.05, 4.69) is 33.0 Å². The second-order valence-corrected chi connectivity index (χ2v) is 9.69. The molecule has 3 rings (SSSR count). The predicted molar refractivity (Wildman–Crippen MR) is 93.7 cm³/mol. The molecule has 5 heteroatoms. The summed E-state index contributed by atoms with van der Waals surface area (Å²) in [6.07, 6.45) is 3.57. The van der Waals surface area contributed by atoms with Gasteiger partial charge in [-0.15, -0.1) is 0 Å². The van der Waals surface area contributed by atoms with Crippen molar-refractivity contribution in [2.24, 2.45) is 17.3 Å². The van der Waals surface area contributed by atoms with Crippen LogP contribution in [-0.4, -0.2) is 59.9 Å². The van der Waals surface area contributed by atoms with E-state index < -0.39 is 0 Å². The fourth-order valence-corrected chi connectivity index (χ4v) is 5.55. The highest BCUT2D eigenvalue weighted by molar-refractivity contribution is 5.77. The lowest BCUT2D eigenvalue weighted by molar-refractivity contribution is -0.132. The summed E-state index contributed by atoms with van der Waals surface area (Å²) >= 11 is 0. The summed E-state index contributed by atoms with van der Waals surface area (Å²) in [5, 5.41) is 13.6. The zero-order valence-electron chi connectivity index (χ0n) is 15.7. The lowest BCUT2D eigenvalue weighted by Crippen LogP contribution is -2.58. The van der Waals surface area contributed by atoms with Crippen LogP contribution in [0.1, 0.15) is 53.4 Å². The second kappa shape index (κ2) is 6.26. The first-order valence-corrected chi connectivity index (χ1v) is 9.41. The van der Waals surface area contributed by atoms with E-state index in [1.807, 2.05) is 4.90 Å². The molecular weight excluding hydrogens is 304 g/mol. The first-order valence-electron chi connectivity index (χ1n) is 9.41. The van der Waals surface area contributed by atoms with E-state index in [-0.39, 0.29) is 29.0 Å². The smallest absolute Gasteiger partial charge is 0.222 e. The van der Waals surface area contributed by atoms with Crippen LogP contribution in [0.25, 0.3) is 0 Å². The molecule has 2 atom stereocenters. The molecule has 3 fully saturated rings. The van der Waals surface area contributed by atoms with Crippen molar-refractivity contribution in [3.63, 3.8) is 0 Å². The molecule has 138 valence electrons. The van der Waals surface area contributed by atoms with Crippen molar-refractivity contribution >= 4 is 5.91 Å². The van der Waals surface area contributed by atoms with Gasteiger partial charge < -0.3 is 20.1 Å². The molecule has 3 saturated heterocycles. The molecule has 0 bridgehead atoms. The molecule has 2 N–H and O–H groups in total. The van der Waals surface area contributed by atoms with Crippen molar-refractivity contribution in [3.8, 4) is 0 Å². The minimum absolute atomic E-state index is 0.0753. The Hall–Kier alpha value is -0.650. The molecule has 0 saturated carbocycles. The standard InChI is InChI=1S/C19H34N2O3/c1-17(2)8-14(9-18(3,4)20-17)7-16(23)21-10-15-11-24-6-5-19(15,12-21)13-22/h14-15,20,22H,5-13H2,1-4H3/t15-,19-/m1/s1. The zero-order chi connectivity index (χ0) is 17.6. The Morgan fingerprint density at radius 1 is 1.25 bits per heavy atom. The first-order chi connectivity index (χ1) is 11.1. The Balaban J connectivity index is 1.63. The quantitative estimate of drug-likeness (QED) is 0.824. The summed E-state index contributed by atoms with van der Waals surface area (Å²) in [6, 6.07) is 0. The lowest BCUT2D eigenvalue weighted by atomic mass is 9.74. The van der Waals surface area contributed by atoms with Gasteiger partial charge in [0.1, 0.15) is 0 Å². The number of rotatable bonds is 3. The number of aliphatic hydroxyl groups excluding tert-OH is 1. The maximum Gasteiger partial charge on any atom is 0.222 e. The van der Waals surface area contributed by atoms with Crippen molar-refractivity contribution in [2.75, 3.05) is 32.9 Å². The number of ether oxygens (including phenoxy) is 1. The van der Waals surface area contributed by atoms with E-state index in [0.29, 0.717) is 38.0 Å². The average molecular weight is 338 g/mol. The van der Waals surface area contributed by atoms with E-state index in [9.17, 15) is 9.90 Å². The molecule has 0 spiro atoms. The van der Waals surface area contributed by atoms with Crippen LogP contribution in [0.2, 0.25) is 0 Å². The third kappa shape index (κ3) is 3.63. The van der Waals surface area contributed by atoms with Crippen LogP contribution >= 0.6 is 0 Å². The maximum absolute atomic E-state index is 12.9. The topological polar surface area (TPSA) is 61.8 Å². The Morgan fingerprint density at radius 2 is 1.92 bits per heavy atom. The summed E-state index contributed by atoms with van der Waals surface area (Å²) in [6.45, 7) is 11.9. The molecule has 3 aliphatic rings. The van der Waals surface area contributed by atoms with E-state index >= 15 is 0 Å². The van der Waals surface area contributed by atoms with Crippen LogP contribution in [0.15, 0.2) is 0 Å². The fourth-order valence-electron chi connectivity index (χ4n) is 5.55. The summed E-state index contributed by atoms with van der Waals surface area (Å²) in [5.74, 6) is 0.976. The predicted octanol–water partition coefficient (Wildman–Crippen LogP) is 1.79.